The van der Waals surface area contributed by atoms with E-state index in [1.807, 2.05) is 152 Å². The van der Waals surface area contributed by atoms with Crippen LogP contribution in [0.2, 0.25) is 0 Å². The summed E-state index contributed by atoms with van der Waals surface area (Å²) in [5.41, 5.74) is 9.99. The van der Waals surface area contributed by atoms with Crippen molar-refractivity contribution in [2.75, 3.05) is 46.2 Å². The monoisotopic (exact) mass is 841 g/mol. The minimum atomic E-state index is -4.22. The standard InChI is InChI=1S/C47H56NO11P/c48-26-27-50-28-29-51-30-31-52-47-46(55-34-40-20-10-3-11-21-40)45(54-33-39-18-8-2-9-19-39)44(53-32-38-16-6-1-7-17-38)43(59-47)37-58-60(49,56-35-41-22-12-4-13-23-41)57-36-42-24-14-5-15-25-42/h1-25,43-47H,26-37,48H2/t43-,44-,45+,46+,47?/m1/s1. The average Bonchev–Trinajstić information content (AvgIpc) is 3.30. The molecular formula is C47H56NO11P. The molecular weight excluding hydrogens is 785 g/mol. The fraction of sp³-hybridized carbons (Fsp3) is 0.362. The van der Waals surface area contributed by atoms with Gasteiger partial charge in [0.05, 0.1) is 72.7 Å². The van der Waals surface area contributed by atoms with Crippen LogP contribution in [0.15, 0.2) is 152 Å². The second-order valence-electron chi connectivity index (χ2n) is 14.0. The Morgan fingerprint density at radius 3 is 1.27 bits per heavy atom. The summed E-state index contributed by atoms with van der Waals surface area (Å²) < 4.78 is 77.3. The second kappa shape index (κ2) is 25.6. The molecule has 0 bridgehead atoms. The van der Waals surface area contributed by atoms with E-state index in [0.29, 0.717) is 26.4 Å². The summed E-state index contributed by atoms with van der Waals surface area (Å²) >= 11 is 0. The van der Waals surface area contributed by atoms with Crippen LogP contribution in [0.5, 0.6) is 0 Å². The molecule has 12 nitrogen and oxygen atoms in total. The summed E-state index contributed by atoms with van der Waals surface area (Å²) in [6, 6.07) is 48.4. The molecule has 6 rings (SSSR count). The Hall–Kier alpha value is -4.11. The van der Waals surface area contributed by atoms with Gasteiger partial charge in [-0.15, -0.1) is 0 Å². The van der Waals surface area contributed by atoms with Crippen LogP contribution in [0, 0.1) is 0 Å². The minimum absolute atomic E-state index is 0.00637. The highest BCUT2D eigenvalue weighted by Gasteiger charge is 2.50. The number of hydrogen-bond acceptors (Lipinski definition) is 12. The van der Waals surface area contributed by atoms with Crippen LogP contribution in [0.25, 0.3) is 0 Å². The van der Waals surface area contributed by atoms with Crippen LogP contribution in [-0.2, 0) is 84.3 Å². The van der Waals surface area contributed by atoms with Gasteiger partial charge < -0.3 is 38.9 Å². The largest absolute Gasteiger partial charge is 0.475 e. The van der Waals surface area contributed by atoms with Gasteiger partial charge in [0, 0.05) is 6.54 Å². The quantitative estimate of drug-likeness (QED) is 0.0405. The second-order valence-corrected chi connectivity index (χ2v) is 15.6. The van der Waals surface area contributed by atoms with Gasteiger partial charge in [0.1, 0.15) is 24.4 Å². The molecule has 1 aliphatic heterocycles. The molecule has 0 aromatic heterocycles. The predicted molar refractivity (Wildman–Crippen MR) is 226 cm³/mol. The summed E-state index contributed by atoms with van der Waals surface area (Å²) in [6.07, 6.45) is -4.22. The number of benzene rings is 5. The van der Waals surface area contributed by atoms with Gasteiger partial charge in [-0.25, -0.2) is 4.57 Å². The molecule has 0 spiro atoms. The lowest BCUT2D eigenvalue weighted by atomic mass is 9.98. The molecule has 1 heterocycles. The third-order valence-corrected chi connectivity index (χ3v) is 10.8. The normalized spacial score (nSPS) is 19.3. The van der Waals surface area contributed by atoms with Crippen molar-refractivity contribution in [3.8, 4) is 0 Å². The Balaban J connectivity index is 1.28. The van der Waals surface area contributed by atoms with Gasteiger partial charge in [-0.3, -0.25) is 13.6 Å². The van der Waals surface area contributed by atoms with Crippen molar-refractivity contribution < 1.29 is 51.3 Å². The first kappa shape index (κ1) is 45.4. The average molecular weight is 842 g/mol. The van der Waals surface area contributed by atoms with Gasteiger partial charge in [-0.2, -0.15) is 0 Å². The molecule has 1 fully saturated rings. The molecule has 60 heavy (non-hydrogen) atoms. The SMILES string of the molecule is NCCOCCOCCOC1O[C@H](COP(=O)(OCc2ccccc2)OCc2ccccc2)[C@@H](OCc2ccccc2)[C@H](OCc2ccccc2)[C@@H]1OCc1ccccc1. The fourth-order valence-corrected chi connectivity index (χ4v) is 7.54. The van der Waals surface area contributed by atoms with Crippen LogP contribution in [0.1, 0.15) is 27.8 Å². The fourth-order valence-electron chi connectivity index (χ4n) is 6.37. The number of nitrogens with two attached hydrogens (primary N) is 1. The number of phosphoric ester groups is 1. The van der Waals surface area contributed by atoms with E-state index in [0.717, 1.165) is 27.8 Å². The van der Waals surface area contributed by atoms with E-state index in [-0.39, 0.29) is 52.9 Å². The van der Waals surface area contributed by atoms with E-state index in [9.17, 15) is 4.57 Å². The first-order valence-corrected chi connectivity index (χ1v) is 21.8. The maximum atomic E-state index is 14.5. The Morgan fingerprint density at radius 2 is 0.817 bits per heavy atom. The number of hydrogen-bond donors (Lipinski definition) is 1. The third-order valence-electron chi connectivity index (χ3n) is 9.45. The van der Waals surface area contributed by atoms with E-state index in [2.05, 4.69) is 0 Å². The third kappa shape index (κ3) is 15.4. The highest BCUT2D eigenvalue weighted by atomic mass is 31.2. The minimum Gasteiger partial charge on any atom is -0.378 e. The summed E-state index contributed by atoms with van der Waals surface area (Å²) in [5.74, 6) is 0. The van der Waals surface area contributed by atoms with E-state index < -0.39 is 38.5 Å². The van der Waals surface area contributed by atoms with Crippen molar-refractivity contribution in [3.05, 3.63) is 179 Å². The van der Waals surface area contributed by atoms with Gasteiger partial charge in [0.2, 0.25) is 0 Å². The van der Waals surface area contributed by atoms with Crippen molar-refractivity contribution in [1.82, 2.24) is 0 Å². The molecule has 13 heteroatoms. The lowest BCUT2D eigenvalue weighted by Crippen LogP contribution is -2.61. The van der Waals surface area contributed by atoms with Crippen LogP contribution >= 0.6 is 7.82 Å². The molecule has 5 aromatic rings. The molecule has 0 saturated carbocycles. The Morgan fingerprint density at radius 1 is 0.433 bits per heavy atom. The van der Waals surface area contributed by atoms with Gasteiger partial charge >= 0.3 is 7.82 Å². The molecule has 0 radical (unpaired) electrons. The van der Waals surface area contributed by atoms with Gasteiger partial charge in [0.15, 0.2) is 6.29 Å². The van der Waals surface area contributed by atoms with Crippen molar-refractivity contribution >= 4 is 7.82 Å². The molecule has 0 amide bonds. The molecule has 0 aliphatic carbocycles. The van der Waals surface area contributed by atoms with Crippen LogP contribution in [-0.4, -0.2) is 76.9 Å². The van der Waals surface area contributed by atoms with E-state index in [4.69, 9.17) is 52.5 Å². The molecule has 1 saturated heterocycles. The van der Waals surface area contributed by atoms with E-state index in [1.54, 1.807) is 0 Å². The first-order chi connectivity index (χ1) is 29.6. The van der Waals surface area contributed by atoms with Crippen molar-refractivity contribution in [1.29, 1.82) is 0 Å². The summed E-state index contributed by atoms with van der Waals surface area (Å²) in [6.45, 7) is 2.55. The summed E-state index contributed by atoms with van der Waals surface area (Å²) in [4.78, 5) is 0. The first-order valence-electron chi connectivity index (χ1n) is 20.3. The van der Waals surface area contributed by atoms with Crippen molar-refractivity contribution in [2.24, 2.45) is 5.73 Å². The summed E-state index contributed by atoms with van der Waals surface area (Å²) in [5, 5.41) is 0. The zero-order chi connectivity index (χ0) is 41.5. The molecule has 1 aliphatic rings. The lowest BCUT2D eigenvalue weighted by Gasteiger charge is -2.46. The number of rotatable bonds is 27. The Bertz CT molecular complexity index is 1870. The zero-order valence-corrected chi connectivity index (χ0v) is 34.7. The van der Waals surface area contributed by atoms with Gasteiger partial charge in [0.25, 0.3) is 0 Å². The molecule has 320 valence electrons. The summed E-state index contributed by atoms with van der Waals surface area (Å²) in [7, 11) is -4.22. The van der Waals surface area contributed by atoms with Crippen LogP contribution in [0.3, 0.4) is 0 Å². The number of phosphoric acid groups is 1. The van der Waals surface area contributed by atoms with E-state index >= 15 is 0 Å². The number of ether oxygens (including phenoxy) is 7. The zero-order valence-electron chi connectivity index (χ0n) is 33.8. The maximum absolute atomic E-state index is 14.5. The van der Waals surface area contributed by atoms with Crippen molar-refractivity contribution in [2.45, 2.75) is 63.7 Å². The highest BCUT2D eigenvalue weighted by molar-refractivity contribution is 7.48. The molecule has 2 N–H and O–H groups in total. The lowest BCUT2D eigenvalue weighted by molar-refractivity contribution is -0.327. The molecule has 5 aromatic carbocycles. The van der Waals surface area contributed by atoms with E-state index in [1.165, 1.54) is 0 Å². The van der Waals surface area contributed by atoms with Crippen LogP contribution in [0.4, 0.5) is 0 Å². The topological polar surface area (TPSA) is 135 Å². The van der Waals surface area contributed by atoms with Gasteiger partial charge in [-0.05, 0) is 27.8 Å². The smallest absolute Gasteiger partial charge is 0.378 e. The molecule has 5 atom stereocenters. The van der Waals surface area contributed by atoms with Crippen molar-refractivity contribution in [3.63, 3.8) is 0 Å². The molecule has 1 unspecified atom stereocenters. The highest BCUT2D eigenvalue weighted by Crippen LogP contribution is 2.51. The predicted octanol–water partition coefficient (Wildman–Crippen LogP) is 8.03. The Labute approximate surface area is 353 Å². The van der Waals surface area contributed by atoms with Gasteiger partial charge in [-0.1, -0.05) is 152 Å². The van der Waals surface area contributed by atoms with Crippen LogP contribution < -0.4 is 5.73 Å². The maximum Gasteiger partial charge on any atom is 0.475 e. The Kier molecular flexibility index (Phi) is 19.4.